The van der Waals surface area contributed by atoms with Crippen LogP contribution >= 0.6 is 34.3 Å². The first-order chi connectivity index (χ1) is 11.1. The molecular weight excluding hydrogens is 352 g/mol. The second kappa shape index (κ2) is 7.16. The Morgan fingerprint density at radius 2 is 2.04 bits per heavy atom. The molecule has 118 valence electrons. The van der Waals surface area contributed by atoms with E-state index in [1.807, 2.05) is 36.6 Å². The van der Waals surface area contributed by atoms with Crippen molar-refractivity contribution in [3.8, 4) is 10.6 Å². The van der Waals surface area contributed by atoms with Gasteiger partial charge in [-0.05, 0) is 18.6 Å². The number of carbonyl (C=O) groups is 1. The molecule has 0 radical (unpaired) electrons. The van der Waals surface area contributed by atoms with Crippen molar-refractivity contribution in [3.05, 3.63) is 45.4 Å². The van der Waals surface area contributed by atoms with E-state index in [-0.39, 0.29) is 12.3 Å². The van der Waals surface area contributed by atoms with Crippen molar-refractivity contribution in [2.45, 2.75) is 19.8 Å². The van der Waals surface area contributed by atoms with Crippen molar-refractivity contribution in [2.75, 3.05) is 5.32 Å². The molecule has 0 aliphatic heterocycles. The smallest absolute Gasteiger partial charge is 0.232 e. The lowest BCUT2D eigenvalue weighted by Gasteiger charge is -1.98. The third kappa shape index (κ3) is 4.13. The first-order valence-corrected chi connectivity index (χ1v) is 9.04. The normalized spacial score (nSPS) is 10.7. The Morgan fingerprint density at radius 3 is 2.74 bits per heavy atom. The highest BCUT2D eigenvalue weighted by molar-refractivity contribution is 7.15. The fraction of sp³-hybridized carbons (Fsp3) is 0.200. The monoisotopic (exact) mass is 364 g/mol. The molecule has 1 amide bonds. The minimum absolute atomic E-state index is 0.142. The van der Waals surface area contributed by atoms with Crippen LogP contribution in [0.15, 0.2) is 29.6 Å². The number of hydrogen-bond acceptors (Lipinski definition) is 6. The van der Waals surface area contributed by atoms with Gasteiger partial charge in [-0.1, -0.05) is 42.0 Å². The molecule has 0 atom stereocenters. The third-order valence-electron chi connectivity index (χ3n) is 3.00. The van der Waals surface area contributed by atoms with E-state index in [0.717, 1.165) is 27.7 Å². The van der Waals surface area contributed by atoms with E-state index in [1.165, 1.54) is 22.7 Å². The van der Waals surface area contributed by atoms with Crippen LogP contribution in [0.2, 0.25) is 5.02 Å². The van der Waals surface area contributed by atoms with E-state index in [2.05, 4.69) is 20.5 Å². The predicted molar refractivity (Wildman–Crippen MR) is 94.2 cm³/mol. The number of aryl methyl sites for hydroxylation is 1. The summed E-state index contributed by atoms with van der Waals surface area (Å²) in [6.07, 6.45) is 1.02. The first kappa shape index (κ1) is 16.0. The van der Waals surface area contributed by atoms with Gasteiger partial charge in [-0.15, -0.1) is 21.5 Å². The molecule has 0 spiro atoms. The largest absolute Gasteiger partial charge is 0.300 e. The number of amides is 1. The van der Waals surface area contributed by atoms with Gasteiger partial charge in [0.2, 0.25) is 11.0 Å². The van der Waals surface area contributed by atoms with Crippen LogP contribution in [-0.4, -0.2) is 21.1 Å². The highest BCUT2D eigenvalue weighted by Gasteiger charge is 2.11. The SMILES string of the molecule is CCc1nnc(NC(=O)Cc2csc(-c3ccc(Cl)cc3)n2)s1. The van der Waals surface area contributed by atoms with Crippen LogP contribution in [0, 0.1) is 0 Å². The fourth-order valence-corrected chi connectivity index (χ4v) is 3.54. The molecule has 0 aliphatic rings. The highest BCUT2D eigenvalue weighted by Crippen LogP contribution is 2.25. The van der Waals surface area contributed by atoms with Gasteiger partial charge >= 0.3 is 0 Å². The molecule has 0 saturated heterocycles. The minimum Gasteiger partial charge on any atom is -0.300 e. The third-order valence-corrected chi connectivity index (χ3v) is 5.18. The van der Waals surface area contributed by atoms with Crippen LogP contribution in [-0.2, 0) is 17.6 Å². The van der Waals surface area contributed by atoms with Crippen LogP contribution in [0.1, 0.15) is 17.6 Å². The van der Waals surface area contributed by atoms with E-state index >= 15 is 0 Å². The molecular formula is C15H13ClN4OS2. The molecule has 1 aromatic carbocycles. The minimum atomic E-state index is -0.142. The summed E-state index contributed by atoms with van der Waals surface area (Å²) in [5.74, 6) is -0.142. The highest BCUT2D eigenvalue weighted by atomic mass is 35.5. The zero-order chi connectivity index (χ0) is 16.2. The van der Waals surface area contributed by atoms with Crippen molar-refractivity contribution in [3.63, 3.8) is 0 Å². The number of halogens is 1. The molecule has 3 rings (SSSR count). The number of anilines is 1. The summed E-state index contributed by atoms with van der Waals surface area (Å²) in [7, 11) is 0. The maximum Gasteiger partial charge on any atom is 0.232 e. The number of hydrogen-bond donors (Lipinski definition) is 1. The lowest BCUT2D eigenvalue weighted by Crippen LogP contribution is -2.14. The van der Waals surface area contributed by atoms with E-state index in [4.69, 9.17) is 11.6 Å². The lowest BCUT2D eigenvalue weighted by molar-refractivity contribution is -0.115. The first-order valence-electron chi connectivity index (χ1n) is 6.96. The van der Waals surface area contributed by atoms with Gasteiger partial charge in [0.15, 0.2) is 0 Å². The van der Waals surface area contributed by atoms with Crippen LogP contribution in [0.5, 0.6) is 0 Å². The fourth-order valence-electron chi connectivity index (χ4n) is 1.89. The maximum absolute atomic E-state index is 12.0. The summed E-state index contributed by atoms with van der Waals surface area (Å²) in [4.78, 5) is 16.5. The number of rotatable bonds is 5. The quantitative estimate of drug-likeness (QED) is 0.741. The van der Waals surface area contributed by atoms with Crippen LogP contribution < -0.4 is 5.32 Å². The molecule has 2 aromatic heterocycles. The number of nitrogens with one attached hydrogen (secondary N) is 1. The molecule has 0 aliphatic carbocycles. The summed E-state index contributed by atoms with van der Waals surface area (Å²) < 4.78 is 0. The van der Waals surface area contributed by atoms with Gasteiger partial charge < -0.3 is 5.32 Å². The van der Waals surface area contributed by atoms with Crippen molar-refractivity contribution in [2.24, 2.45) is 0 Å². The Bertz CT molecular complexity index is 813. The summed E-state index contributed by atoms with van der Waals surface area (Å²) in [6, 6.07) is 7.48. The maximum atomic E-state index is 12.0. The second-order valence-electron chi connectivity index (χ2n) is 4.73. The number of carbonyl (C=O) groups excluding carboxylic acids is 1. The molecule has 0 unspecified atom stereocenters. The average Bonchev–Trinajstić information content (AvgIpc) is 3.17. The van der Waals surface area contributed by atoms with Crippen molar-refractivity contribution >= 4 is 45.3 Å². The van der Waals surface area contributed by atoms with Gasteiger partial charge in [0.1, 0.15) is 10.0 Å². The Morgan fingerprint density at radius 1 is 1.26 bits per heavy atom. The van der Waals surface area contributed by atoms with Gasteiger partial charge in [0, 0.05) is 16.0 Å². The predicted octanol–water partition coefficient (Wildman–Crippen LogP) is 4.06. The Labute approximate surface area is 146 Å². The zero-order valence-corrected chi connectivity index (χ0v) is 14.6. The molecule has 3 aromatic rings. The van der Waals surface area contributed by atoms with E-state index in [0.29, 0.717) is 10.2 Å². The van der Waals surface area contributed by atoms with Crippen molar-refractivity contribution in [1.82, 2.24) is 15.2 Å². The molecule has 0 bridgehead atoms. The molecule has 5 nitrogen and oxygen atoms in total. The molecule has 23 heavy (non-hydrogen) atoms. The van der Waals surface area contributed by atoms with E-state index < -0.39 is 0 Å². The zero-order valence-electron chi connectivity index (χ0n) is 12.2. The topological polar surface area (TPSA) is 67.8 Å². The van der Waals surface area contributed by atoms with Crippen molar-refractivity contribution in [1.29, 1.82) is 0 Å². The number of benzene rings is 1. The van der Waals surface area contributed by atoms with E-state index in [9.17, 15) is 4.79 Å². The Balaban J connectivity index is 1.64. The lowest BCUT2D eigenvalue weighted by atomic mass is 10.2. The average molecular weight is 365 g/mol. The van der Waals surface area contributed by atoms with Crippen LogP contribution in [0.25, 0.3) is 10.6 Å². The summed E-state index contributed by atoms with van der Waals surface area (Å²) in [6.45, 7) is 2.00. The van der Waals surface area contributed by atoms with Gasteiger partial charge in [0.25, 0.3) is 0 Å². The van der Waals surface area contributed by atoms with Crippen LogP contribution in [0.4, 0.5) is 5.13 Å². The van der Waals surface area contributed by atoms with Gasteiger partial charge in [-0.3, -0.25) is 4.79 Å². The summed E-state index contributed by atoms with van der Waals surface area (Å²) >= 11 is 8.78. The Hall–Kier alpha value is -1.83. The standard InChI is InChI=1S/C15H13ClN4OS2/c1-2-13-19-20-15(23-13)18-12(21)7-11-8-22-14(17-11)9-3-5-10(16)6-4-9/h3-6,8H,2,7H2,1H3,(H,18,20,21). The number of nitrogens with zero attached hydrogens (tertiary/aromatic N) is 3. The van der Waals surface area contributed by atoms with Crippen LogP contribution in [0.3, 0.4) is 0 Å². The number of aromatic nitrogens is 3. The molecule has 1 N–H and O–H groups in total. The summed E-state index contributed by atoms with van der Waals surface area (Å²) in [5.41, 5.74) is 1.72. The molecule has 0 fully saturated rings. The molecule has 8 heteroatoms. The van der Waals surface area contributed by atoms with Crippen molar-refractivity contribution < 1.29 is 4.79 Å². The Kier molecular flexibility index (Phi) is 5.00. The van der Waals surface area contributed by atoms with Gasteiger partial charge in [-0.25, -0.2) is 4.98 Å². The van der Waals surface area contributed by atoms with E-state index in [1.54, 1.807) is 0 Å². The molecule has 0 saturated carbocycles. The van der Waals surface area contributed by atoms with Gasteiger partial charge in [-0.2, -0.15) is 0 Å². The second-order valence-corrected chi connectivity index (χ2v) is 7.09. The summed E-state index contributed by atoms with van der Waals surface area (Å²) in [5, 5.41) is 15.5. The van der Waals surface area contributed by atoms with Gasteiger partial charge in [0.05, 0.1) is 12.1 Å². The number of thiazole rings is 1. The molecule has 2 heterocycles.